The molecular weight excluding hydrogens is 286 g/mol. The van der Waals surface area contributed by atoms with Crippen molar-refractivity contribution in [2.24, 2.45) is 11.3 Å². The molecule has 7 heteroatoms. The minimum Gasteiger partial charge on any atom is -0.480 e. The van der Waals surface area contributed by atoms with Gasteiger partial charge in [-0.2, -0.15) is 0 Å². The Hall–Kier alpha value is -1.47. The molecule has 1 aliphatic heterocycles. The number of nitrogens with zero attached hydrogens (tertiary/aromatic N) is 1. The first-order chi connectivity index (χ1) is 10.2. The lowest BCUT2D eigenvalue weighted by molar-refractivity contribution is -0.139. The first kappa shape index (κ1) is 18.6. The molecule has 1 aliphatic rings. The van der Waals surface area contributed by atoms with E-state index in [1.54, 1.807) is 4.90 Å². The Morgan fingerprint density at radius 3 is 2.55 bits per heavy atom. The van der Waals surface area contributed by atoms with E-state index in [1.165, 1.54) is 0 Å². The first-order valence-corrected chi connectivity index (χ1v) is 7.60. The maximum Gasteiger partial charge on any atom is 0.317 e. The number of likely N-dealkylation sites (tertiary alicyclic amines) is 1. The van der Waals surface area contributed by atoms with Crippen molar-refractivity contribution in [2.45, 2.75) is 39.7 Å². The molecule has 1 amide bonds. The SMILES string of the molecule is CC(C)(C)C(=N)C(CO)CNC(=O)[C@@H]1CCCN1CC(=O)O. The van der Waals surface area contributed by atoms with Crippen LogP contribution < -0.4 is 5.32 Å². The summed E-state index contributed by atoms with van der Waals surface area (Å²) in [4.78, 5) is 24.7. The number of carbonyl (C=O) groups is 2. The number of rotatable bonds is 7. The Morgan fingerprint density at radius 2 is 2.05 bits per heavy atom. The second-order valence-corrected chi connectivity index (χ2v) is 6.81. The smallest absolute Gasteiger partial charge is 0.317 e. The van der Waals surface area contributed by atoms with Gasteiger partial charge in [0.2, 0.25) is 5.91 Å². The van der Waals surface area contributed by atoms with Crippen LogP contribution in [-0.2, 0) is 9.59 Å². The molecule has 1 unspecified atom stereocenters. The van der Waals surface area contributed by atoms with E-state index in [0.29, 0.717) is 18.7 Å². The van der Waals surface area contributed by atoms with E-state index in [2.05, 4.69) is 5.32 Å². The van der Waals surface area contributed by atoms with Crippen LogP contribution in [0.4, 0.5) is 0 Å². The van der Waals surface area contributed by atoms with Crippen molar-refractivity contribution in [3.05, 3.63) is 0 Å². The minimum atomic E-state index is -0.942. The summed E-state index contributed by atoms with van der Waals surface area (Å²) < 4.78 is 0. The first-order valence-electron chi connectivity index (χ1n) is 7.60. The molecule has 0 aromatic carbocycles. The Bertz CT molecular complexity index is 431. The van der Waals surface area contributed by atoms with Crippen LogP contribution in [0.3, 0.4) is 0 Å². The zero-order valence-electron chi connectivity index (χ0n) is 13.6. The Kier molecular flexibility index (Phi) is 6.49. The molecule has 0 spiro atoms. The molecule has 0 aromatic heterocycles. The third kappa shape index (κ3) is 5.06. The van der Waals surface area contributed by atoms with Crippen LogP contribution >= 0.6 is 0 Å². The quantitative estimate of drug-likeness (QED) is 0.506. The molecule has 7 nitrogen and oxygen atoms in total. The van der Waals surface area contributed by atoms with Gasteiger partial charge in [-0.25, -0.2) is 0 Å². The molecule has 2 atom stereocenters. The van der Waals surface area contributed by atoms with Gasteiger partial charge in [0.1, 0.15) is 0 Å². The fourth-order valence-electron chi connectivity index (χ4n) is 2.70. The van der Waals surface area contributed by atoms with E-state index in [0.717, 1.165) is 6.42 Å². The molecule has 126 valence electrons. The highest BCUT2D eigenvalue weighted by atomic mass is 16.4. The number of hydrogen-bond donors (Lipinski definition) is 4. The molecule has 0 saturated carbocycles. The zero-order valence-corrected chi connectivity index (χ0v) is 13.6. The highest BCUT2D eigenvalue weighted by molar-refractivity contribution is 5.90. The molecule has 4 N–H and O–H groups in total. The second-order valence-electron chi connectivity index (χ2n) is 6.81. The van der Waals surface area contributed by atoms with Crippen molar-refractivity contribution < 1.29 is 19.8 Å². The molecule has 22 heavy (non-hydrogen) atoms. The summed E-state index contributed by atoms with van der Waals surface area (Å²) in [6.45, 7) is 6.15. The van der Waals surface area contributed by atoms with Crippen LogP contribution in [0.1, 0.15) is 33.6 Å². The van der Waals surface area contributed by atoms with Gasteiger partial charge in [0, 0.05) is 18.2 Å². The van der Waals surface area contributed by atoms with E-state index in [1.807, 2.05) is 20.8 Å². The van der Waals surface area contributed by atoms with Crippen molar-refractivity contribution in [1.82, 2.24) is 10.2 Å². The van der Waals surface area contributed by atoms with Crippen molar-refractivity contribution in [1.29, 1.82) is 5.41 Å². The summed E-state index contributed by atoms with van der Waals surface area (Å²) in [6, 6.07) is -0.431. The Labute approximate surface area is 131 Å². The van der Waals surface area contributed by atoms with Crippen molar-refractivity contribution in [3.63, 3.8) is 0 Å². The van der Waals surface area contributed by atoms with Gasteiger partial charge in [0.05, 0.1) is 19.2 Å². The Morgan fingerprint density at radius 1 is 1.41 bits per heavy atom. The Balaban J connectivity index is 2.57. The van der Waals surface area contributed by atoms with Crippen LogP contribution in [0.25, 0.3) is 0 Å². The standard InChI is InChI=1S/C15H27N3O4/c1-15(2,3)13(16)10(9-19)7-17-14(22)11-5-4-6-18(11)8-12(20)21/h10-11,16,19H,4-9H2,1-3H3,(H,17,22)(H,20,21)/t10?,11-/m0/s1. The topological polar surface area (TPSA) is 114 Å². The molecule has 1 heterocycles. The number of carbonyl (C=O) groups excluding carboxylic acids is 1. The van der Waals surface area contributed by atoms with Gasteiger partial charge in [-0.1, -0.05) is 20.8 Å². The lowest BCUT2D eigenvalue weighted by atomic mass is 9.82. The lowest BCUT2D eigenvalue weighted by Gasteiger charge is -2.28. The highest BCUT2D eigenvalue weighted by Gasteiger charge is 2.32. The number of nitrogens with one attached hydrogen (secondary N) is 2. The molecule has 1 rings (SSSR count). The molecule has 0 radical (unpaired) electrons. The average molecular weight is 313 g/mol. The van der Waals surface area contributed by atoms with Crippen LogP contribution in [-0.4, -0.2) is 65.0 Å². The monoisotopic (exact) mass is 313 g/mol. The average Bonchev–Trinajstić information content (AvgIpc) is 2.85. The number of aliphatic carboxylic acids is 1. The fourth-order valence-corrected chi connectivity index (χ4v) is 2.70. The fraction of sp³-hybridized carbons (Fsp3) is 0.800. The summed E-state index contributed by atoms with van der Waals surface area (Å²) in [5.74, 6) is -1.58. The van der Waals surface area contributed by atoms with Crippen molar-refractivity contribution in [3.8, 4) is 0 Å². The summed E-state index contributed by atoms with van der Waals surface area (Å²) >= 11 is 0. The van der Waals surface area contributed by atoms with Gasteiger partial charge < -0.3 is 20.9 Å². The summed E-state index contributed by atoms with van der Waals surface area (Å²) in [5, 5.41) is 29.1. The van der Waals surface area contributed by atoms with Gasteiger partial charge in [-0.05, 0) is 24.8 Å². The van der Waals surface area contributed by atoms with Gasteiger partial charge in [0.15, 0.2) is 0 Å². The largest absolute Gasteiger partial charge is 0.480 e. The summed E-state index contributed by atoms with van der Waals surface area (Å²) in [6.07, 6.45) is 1.44. The number of aliphatic hydroxyl groups excluding tert-OH is 1. The third-order valence-electron chi connectivity index (χ3n) is 3.96. The van der Waals surface area contributed by atoms with Gasteiger partial charge in [-0.15, -0.1) is 0 Å². The zero-order chi connectivity index (χ0) is 16.9. The maximum atomic E-state index is 12.2. The second kappa shape index (κ2) is 7.69. The lowest BCUT2D eigenvalue weighted by Crippen LogP contribution is -2.47. The molecule has 0 bridgehead atoms. The third-order valence-corrected chi connectivity index (χ3v) is 3.96. The normalized spacial score (nSPS) is 20.6. The predicted octanol–water partition coefficient (Wildman–Crippen LogP) is 0.326. The molecule has 1 fully saturated rings. The van der Waals surface area contributed by atoms with Crippen LogP contribution in [0, 0.1) is 16.7 Å². The highest BCUT2D eigenvalue weighted by Crippen LogP contribution is 2.21. The molecule has 0 aliphatic carbocycles. The van der Waals surface area contributed by atoms with E-state index in [4.69, 9.17) is 10.5 Å². The van der Waals surface area contributed by atoms with E-state index < -0.39 is 17.9 Å². The van der Waals surface area contributed by atoms with Gasteiger partial charge in [-0.3, -0.25) is 14.5 Å². The number of aliphatic hydroxyl groups is 1. The number of carboxylic acid groups (broad SMARTS) is 1. The van der Waals surface area contributed by atoms with Gasteiger partial charge >= 0.3 is 5.97 Å². The van der Waals surface area contributed by atoms with Gasteiger partial charge in [0.25, 0.3) is 0 Å². The van der Waals surface area contributed by atoms with Crippen molar-refractivity contribution in [2.75, 3.05) is 26.2 Å². The predicted molar refractivity (Wildman–Crippen MR) is 83.0 cm³/mol. The molecule has 0 aromatic rings. The maximum absolute atomic E-state index is 12.2. The van der Waals surface area contributed by atoms with Crippen molar-refractivity contribution >= 4 is 17.6 Å². The molecular formula is C15H27N3O4. The summed E-state index contributed by atoms with van der Waals surface area (Å²) in [5.41, 5.74) is 0.0324. The van der Waals surface area contributed by atoms with E-state index in [-0.39, 0.29) is 31.0 Å². The number of hydrogen-bond acceptors (Lipinski definition) is 5. The van der Waals surface area contributed by atoms with E-state index >= 15 is 0 Å². The van der Waals surface area contributed by atoms with E-state index in [9.17, 15) is 14.7 Å². The summed E-state index contributed by atoms with van der Waals surface area (Å²) in [7, 11) is 0. The van der Waals surface area contributed by atoms with Crippen LogP contribution in [0.2, 0.25) is 0 Å². The minimum absolute atomic E-state index is 0.140. The number of carboxylic acids is 1. The molecule has 1 saturated heterocycles. The van der Waals surface area contributed by atoms with Crippen LogP contribution in [0.15, 0.2) is 0 Å². The van der Waals surface area contributed by atoms with Crippen LogP contribution in [0.5, 0.6) is 0 Å². The number of amides is 1.